The number of nitriles is 1. The topological polar surface area (TPSA) is 76.9 Å². The molecule has 5 nitrogen and oxygen atoms in total. The van der Waals surface area contributed by atoms with Crippen molar-refractivity contribution in [3.63, 3.8) is 0 Å². The predicted octanol–water partition coefficient (Wildman–Crippen LogP) is 4.25. The van der Waals surface area contributed by atoms with Gasteiger partial charge in [-0.2, -0.15) is 28.2 Å². The van der Waals surface area contributed by atoms with Gasteiger partial charge in [-0.05, 0) is 18.2 Å². The van der Waals surface area contributed by atoms with Crippen molar-refractivity contribution < 1.29 is 22.3 Å². The quantitative estimate of drug-likeness (QED) is 0.653. The Hall–Kier alpha value is -3.80. The average molecular weight is 400 g/mol. The van der Waals surface area contributed by atoms with E-state index in [1.54, 1.807) is 24.3 Å². The van der Waals surface area contributed by atoms with Crippen molar-refractivity contribution in [2.45, 2.75) is 12.1 Å². The molecule has 0 saturated heterocycles. The van der Waals surface area contributed by atoms with Crippen LogP contribution in [-0.2, 0) is 6.18 Å². The Morgan fingerprint density at radius 1 is 1.07 bits per heavy atom. The molecule has 2 N–H and O–H groups in total. The van der Waals surface area contributed by atoms with Crippen molar-refractivity contribution >= 4 is 0 Å². The van der Waals surface area contributed by atoms with E-state index in [0.29, 0.717) is 5.69 Å². The third-order valence-corrected chi connectivity index (χ3v) is 4.53. The number of ether oxygens (including phenoxy) is 1. The van der Waals surface area contributed by atoms with Gasteiger partial charge in [0.2, 0.25) is 11.8 Å². The molecule has 29 heavy (non-hydrogen) atoms. The van der Waals surface area contributed by atoms with Crippen LogP contribution in [0.1, 0.15) is 22.7 Å². The van der Waals surface area contributed by atoms with Crippen LogP contribution in [0.15, 0.2) is 66.1 Å². The number of nitrogens with two attached hydrogens (primary N) is 1. The summed E-state index contributed by atoms with van der Waals surface area (Å²) in [4.78, 5) is 0. The molecule has 1 aliphatic rings. The van der Waals surface area contributed by atoms with Gasteiger partial charge in [-0.15, -0.1) is 0 Å². The maximum Gasteiger partial charge on any atom is 0.435 e. The van der Waals surface area contributed by atoms with E-state index in [1.807, 2.05) is 0 Å². The highest BCUT2D eigenvalue weighted by molar-refractivity contribution is 5.58. The number of hydrogen-bond acceptors (Lipinski definition) is 4. The lowest BCUT2D eigenvalue weighted by Crippen LogP contribution is -2.24. The number of hydrogen-bond donors (Lipinski definition) is 1. The Morgan fingerprint density at radius 3 is 2.34 bits per heavy atom. The molecule has 3 aromatic rings. The lowest BCUT2D eigenvalue weighted by atomic mass is 9.83. The molecule has 1 atom stereocenters. The van der Waals surface area contributed by atoms with Gasteiger partial charge in [0.25, 0.3) is 0 Å². The van der Waals surface area contributed by atoms with E-state index in [9.17, 15) is 22.8 Å². The first-order valence-electron chi connectivity index (χ1n) is 8.40. The van der Waals surface area contributed by atoms with Crippen molar-refractivity contribution in [3.05, 3.63) is 88.7 Å². The molecule has 0 radical (unpaired) electrons. The fourth-order valence-electron chi connectivity index (χ4n) is 3.31. The van der Waals surface area contributed by atoms with E-state index >= 15 is 0 Å². The van der Waals surface area contributed by atoms with Crippen LogP contribution in [-0.4, -0.2) is 9.78 Å². The highest BCUT2D eigenvalue weighted by Crippen LogP contribution is 2.49. The first kappa shape index (κ1) is 18.6. The van der Waals surface area contributed by atoms with Crippen LogP contribution in [0.4, 0.5) is 17.6 Å². The van der Waals surface area contributed by atoms with Crippen LogP contribution in [0.25, 0.3) is 5.69 Å². The van der Waals surface area contributed by atoms with Gasteiger partial charge in [-0.25, -0.2) is 4.39 Å². The van der Waals surface area contributed by atoms with Crippen molar-refractivity contribution in [2.75, 3.05) is 0 Å². The zero-order valence-corrected chi connectivity index (χ0v) is 14.6. The molecular formula is C20H12F4N4O. The molecule has 0 aliphatic carbocycles. The lowest BCUT2D eigenvalue weighted by molar-refractivity contribution is -0.142. The van der Waals surface area contributed by atoms with Crippen molar-refractivity contribution in [1.82, 2.24) is 9.78 Å². The standard InChI is InChI=1S/C20H12F4N4O/c21-14-9-5-4-8-12(14)15-13(10-25)18(26)29-19-16(15)17(20(22,23)24)27-28(19)11-6-2-1-3-7-11/h1-9,15H,26H2. The molecule has 0 fully saturated rings. The van der Waals surface area contributed by atoms with Gasteiger partial charge in [-0.1, -0.05) is 36.4 Å². The monoisotopic (exact) mass is 400 g/mol. The summed E-state index contributed by atoms with van der Waals surface area (Å²) in [6, 6.07) is 15.0. The number of benzene rings is 2. The average Bonchev–Trinajstić information content (AvgIpc) is 3.07. The summed E-state index contributed by atoms with van der Waals surface area (Å²) in [7, 11) is 0. The molecule has 0 bridgehead atoms. The third kappa shape index (κ3) is 2.99. The second-order valence-electron chi connectivity index (χ2n) is 6.26. The minimum atomic E-state index is -4.87. The first-order valence-corrected chi connectivity index (χ1v) is 8.40. The van der Waals surface area contributed by atoms with E-state index in [4.69, 9.17) is 10.5 Å². The Labute approximate surface area is 162 Å². The summed E-state index contributed by atoms with van der Waals surface area (Å²) in [6.07, 6.45) is -4.87. The number of rotatable bonds is 2. The summed E-state index contributed by atoms with van der Waals surface area (Å²) in [5, 5.41) is 13.2. The van der Waals surface area contributed by atoms with Crippen molar-refractivity contribution in [1.29, 1.82) is 5.26 Å². The molecule has 9 heteroatoms. The van der Waals surface area contributed by atoms with E-state index in [0.717, 1.165) is 10.7 Å². The number of para-hydroxylation sites is 1. The van der Waals surface area contributed by atoms with Gasteiger partial charge in [0.05, 0.1) is 17.2 Å². The Balaban J connectivity index is 2.07. The third-order valence-electron chi connectivity index (χ3n) is 4.53. The first-order chi connectivity index (χ1) is 13.8. The Bertz CT molecular complexity index is 1160. The molecule has 4 rings (SSSR count). The van der Waals surface area contributed by atoms with Gasteiger partial charge in [0.1, 0.15) is 17.5 Å². The van der Waals surface area contributed by atoms with E-state index < -0.39 is 35.1 Å². The number of halogens is 4. The zero-order valence-electron chi connectivity index (χ0n) is 14.6. The normalized spacial score (nSPS) is 16.2. The summed E-state index contributed by atoms with van der Waals surface area (Å²) in [5.74, 6) is -2.90. The summed E-state index contributed by atoms with van der Waals surface area (Å²) in [5.41, 5.74) is 3.95. The summed E-state index contributed by atoms with van der Waals surface area (Å²) in [6.45, 7) is 0. The van der Waals surface area contributed by atoms with Gasteiger partial charge in [-0.3, -0.25) is 0 Å². The molecule has 2 heterocycles. The number of allylic oxidation sites excluding steroid dienone is 1. The molecule has 1 unspecified atom stereocenters. The highest BCUT2D eigenvalue weighted by Gasteiger charge is 2.46. The number of nitrogens with zero attached hydrogens (tertiary/aromatic N) is 3. The molecule has 146 valence electrons. The van der Waals surface area contributed by atoms with Crippen LogP contribution in [0.5, 0.6) is 5.88 Å². The van der Waals surface area contributed by atoms with Gasteiger partial charge >= 0.3 is 6.18 Å². The van der Waals surface area contributed by atoms with E-state index in [1.165, 1.54) is 30.3 Å². The van der Waals surface area contributed by atoms with Crippen LogP contribution < -0.4 is 10.5 Å². The predicted molar refractivity (Wildman–Crippen MR) is 94.3 cm³/mol. The summed E-state index contributed by atoms with van der Waals surface area (Å²) < 4.78 is 62.5. The highest BCUT2D eigenvalue weighted by atomic mass is 19.4. The van der Waals surface area contributed by atoms with Crippen LogP contribution >= 0.6 is 0 Å². The van der Waals surface area contributed by atoms with Crippen molar-refractivity contribution in [2.24, 2.45) is 5.73 Å². The van der Waals surface area contributed by atoms with E-state index in [-0.39, 0.29) is 17.0 Å². The second kappa shape index (κ2) is 6.67. The largest absolute Gasteiger partial charge is 0.435 e. The molecule has 0 spiro atoms. The molecule has 1 aromatic heterocycles. The van der Waals surface area contributed by atoms with Crippen LogP contribution in [0, 0.1) is 17.1 Å². The van der Waals surface area contributed by atoms with Crippen LogP contribution in [0.2, 0.25) is 0 Å². The minimum absolute atomic E-state index is 0.130. The van der Waals surface area contributed by atoms with E-state index in [2.05, 4.69) is 5.10 Å². The molecule has 0 saturated carbocycles. The van der Waals surface area contributed by atoms with Gasteiger partial charge < -0.3 is 10.5 Å². The molecule has 1 aliphatic heterocycles. The number of aromatic nitrogens is 2. The maximum absolute atomic E-state index is 14.5. The lowest BCUT2D eigenvalue weighted by Gasteiger charge is -2.25. The van der Waals surface area contributed by atoms with Crippen molar-refractivity contribution in [3.8, 4) is 17.6 Å². The minimum Gasteiger partial charge on any atom is -0.422 e. The summed E-state index contributed by atoms with van der Waals surface area (Å²) >= 11 is 0. The van der Waals surface area contributed by atoms with Gasteiger partial charge in [0, 0.05) is 5.56 Å². The Morgan fingerprint density at radius 2 is 1.72 bits per heavy atom. The smallest absolute Gasteiger partial charge is 0.422 e. The van der Waals surface area contributed by atoms with Gasteiger partial charge in [0.15, 0.2) is 5.69 Å². The molecule has 2 aromatic carbocycles. The maximum atomic E-state index is 14.5. The number of alkyl halides is 3. The molecule has 0 amide bonds. The van der Waals surface area contributed by atoms with Crippen LogP contribution in [0.3, 0.4) is 0 Å². The number of fused-ring (bicyclic) bond motifs is 1. The SMILES string of the molecule is N#CC1=C(N)Oc2c(c(C(F)(F)F)nn2-c2ccccc2)C1c1ccccc1F. The second-order valence-corrected chi connectivity index (χ2v) is 6.26. The zero-order chi connectivity index (χ0) is 20.8. The fraction of sp³-hybridized carbons (Fsp3) is 0.100. The molecular weight excluding hydrogens is 388 g/mol. The Kier molecular flexibility index (Phi) is 4.27. The fourth-order valence-corrected chi connectivity index (χ4v) is 3.31.